The average molecular weight is 206 g/mol. The standard InChI is InChI=1S/C9H15NO2.ClH/c1-5-6-7(10)8(11)12-9(2,3)4;/h1,7H,6,10H2,2-4H3;1H/t7-;/m0./s1. The Bertz CT molecular complexity index is 203. The van der Waals surface area contributed by atoms with E-state index < -0.39 is 17.6 Å². The molecule has 0 aromatic carbocycles. The molecular weight excluding hydrogens is 190 g/mol. The van der Waals surface area contributed by atoms with E-state index in [4.69, 9.17) is 16.9 Å². The second-order valence-corrected chi connectivity index (χ2v) is 3.55. The van der Waals surface area contributed by atoms with Crippen LogP contribution in [0, 0.1) is 12.3 Å². The van der Waals surface area contributed by atoms with Gasteiger partial charge in [-0.25, -0.2) is 0 Å². The first kappa shape index (κ1) is 14.8. The molecule has 0 aromatic heterocycles. The van der Waals surface area contributed by atoms with E-state index in [2.05, 4.69) is 5.92 Å². The molecule has 0 aliphatic carbocycles. The lowest BCUT2D eigenvalue weighted by atomic mass is 10.2. The highest BCUT2D eigenvalue weighted by Gasteiger charge is 2.20. The van der Waals surface area contributed by atoms with Crippen molar-refractivity contribution in [2.45, 2.75) is 38.8 Å². The maximum atomic E-state index is 11.1. The first-order valence-corrected chi connectivity index (χ1v) is 3.78. The topological polar surface area (TPSA) is 52.3 Å². The Labute approximate surface area is 85.4 Å². The van der Waals surface area contributed by atoms with Crippen molar-refractivity contribution in [3.8, 4) is 12.3 Å². The minimum atomic E-state index is -0.700. The predicted molar refractivity (Wildman–Crippen MR) is 54.5 cm³/mol. The van der Waals surface area contributed by atoms with Crippen molar-refractivity contribution in [1.29, 1.82) is 0 Å². The molecule has 0 aliphatic rings. The lowest BCUT2D eigenvalue weighted by Gasteiger charge is -2.21. The summed E-state index contributed by atoms with van der Waals surface area (Å²) < 4.78 is 4.99. The van der Waals surface area contributed by atoms with Gasteiger partial charge in [0.2, 0.25) is 0 Å². The Balaban J connectivity index is 0. The number of hydrogen-bond acceptors (Lipinski definition) is 3. The second kappa shape index (κ2) is 5.85. The lowest BCUT2D eigenvalue weighted by molar-refractivity contribution is -0.156. The highest BCUT2D eigenvalue weighted by molar-refractivity contribution is 5.85. The molecule has 4 heteroatoms. The fraction of sp³-hybridized carbons (Fsp3) is 0.667. The Hall–Kier alpha value is -0.720. The maximum Gasteiger partial charge on any atom is 0.324 e. The van der Waals surface area contributed by atoms with Gasteiger partial charge >= 0.3 is 5.97 Å². The molecule has 0 bridgehead atoms. The van der Waals surface area contributed by atoms with Crippen LogP contribution in [0.2, 0.25) is 0 Å². The van der Waals surface area contributed by atoms with Gasteiger partial charge in [0.15, 0.2) is 0 Å². The predicted octanol–water partition coefficient (Wildman–Crippen LogP) is 1.10. The van der Waals surface area contributed by atoms with Crippen molar-refractivity contribution in [1.82, 2.24) is 0 Å². The van der Waals surface area contributed by atoms with Crippen LogP contribution in [0.3, 0.4) is 0 Å². The molecular formula is C9H16ClNO2. The maximum absolute atomic E-state index is 11.1. The Morgan fingerprint density at radius 1 is 1.62 bits per heavy atom. The quantitative estimate of drug-likeness (QED) is 0.543. The fourth-order valence-corrected chi connectivity index (χ4v) is 0.588. The molecule has 0 amide bonds. The summed E-state index contributed by atoms with van der Waals surface area (Å²) in [6.07, 6.45) is 5.21. The summed E-state index contributed by atoms with van der Waals surface area (Å²) in [5, 5.41) is 0. The first-order chi connectivity index (χ1) is 5.37. The molecule has 0 rings (SSSR count). The zero-order chi connectivity index (χ0) is 9.78. The van der Waals surface area contributed by atoms with E-state index in [0.717, 1.165) is 0 Å². The first-order valence-electron chi connectivity index (χ1n) is 3.78. The van der Waals surface area contributed by atoms with Gasteiger partial charge in [-0.3, -0.25) is 4.79 Å². The summed E-state index contributed by atoms with van der Waals surface area (Å²) in [6, 6.07) is -0.700. The molecule has 0 aliphatic heterocycles. The smallest absolute Gasteiger partial charge is 0.324 e. The molecule has 0 aromatic rings. The van der Waals surface area contributed by atoms with Gasteiger partial charge in [-0.1, -0.05) is 0 Å². The molecule has 0 saturated carbocycles. The van der Waals surface area contributed by atoms with Crippen molar-refractivity contribution in [2.24, 2.45) is 5.73 Å². The zero-order valence-electron chi connectivity index (χ0n) is 8.16. The zero-order valence-corrected chi connectivity index (χ0v) is 8.98. The Morgan fingerprint density at radius 3 is 2.38 bits per heavy atom. The molecule has 1 atom stereocenters. The molecule has 0 unspecified atom stereocenters. The summed E-state index contributed by atoms with van der Waals surface area (Å²) in [5.74, 6) is 1.86. The van der Waals surface area contributed by atoms with Crippen LogP contribution in [-0.4, -0.2) is 17.6 Å². The lowest BCUT2D eigenvalue weighted by Crippen LogP contribution is -2.37. The summed E-state index contributed by atoms with van der Waals surface area (Å²) in [5.41, 5.74) is 4.92. The third-order valence-electron chi connectivity index (χ3n) is 1.05. The van der Waals surface area contributed by atoms with Crippen molar-refractivity contribution in [3.05, 3.63) is 0 Å². The van der Waals surface area contributed by atoms with Crippen LogP contribution >= 0.6 is 12.4 Å². The van der Waals surface area contributed by atoms with E-state index in [-0.39, 0.29) is 18.8 Å². The number of rotatable bonds is 2. The molecule has 3 nitrogen and oxygen atoms in total. The van der Waals surface area contributed by atoms with E-state index in [0.29, 0.717) is 0 Å². The van der Waals surface area contributed by atoms with Crippen LogP contribution in [-0.2, 0) is 9.53 Å². The normalized spacial score (nSPS) is 12.2. The van der Waals surface area contributed by atoms with Gasteiger partial charge in [0.05, 0.1) is 0 Å². The largest absolute Gasteiger partial charge is 0.459 e. The van der Waals surface area contributed by atoms with E-state index in [1.54, 1.807) is 20.8 Å². The van der Waals surface area contributed by atoms with E-state index in [1.807, 2.05) is 0 Å². The molecule has 0 radical (unpaired) electrons. The number of carbonyl (C=O) groups excluding carboxylic acids is 1. The SMILES string of the molecule is C#CC[C@H](N)C(=O)OC(C)(C)C.Cl. The molecule has 13 heavy (non-hydrogen) atoms. The molecule has 0 saturated heterocycles. The molecule has 0 heterocycles. The van der Waals surface area contributed by atoms with Gasteiger partial charge < -0.3 is 10.5 Å². The van der Waals surface area contributed by atoms with Gasteiger partial charge in [-0.15, -0.1) is 24.8 Å². The monoisotopic (exact) mass is 205 g/mol. The van der Waals surface area contributed by atoms with Gasteiger partial charge in [0.1, 0.15) is 11.6 Å². The van der Waals surface area contributed by atoms with Crippen LogP contribution < -0.4 is 5.73 Å². The third kappa shape index (κ3) is 7.63. The number of hydrogen-bond donors (Lipinski definition) is 1. The van der Waals surface area contributed by atoms with Crippen molar-refractivity contribution in [3.63, 3.8) is 0 Å². The number of esters is 1. The second-order valence-electron chi connectivity index (χ2n) is 3.55. The van der Waals surface area contributed by atoms with E-state index in [1.165, 1.54) is 0 Å². The minimum Gasteiger partial charge on any atom is -0.459 e. The molecule has 0 fully saturated rings. The number of carbonyl (C=O) groups is 1. The highest BCUT2D eigenvalue weighted by atomic mass is 35.5. The van der Waals surface area contributed by atoms with Crippen LogP contribution in [0.5, 0.6) is 0 Å². The van der Waals surface area contributed by atoms with Crippen molar-refractivity contribution in [2.75, 3.05) is 0 Å². The summed E-state index contributed by atoms with van der Waals surface area (Å²) in [4.78, 5) is 11.1. The summed E-state index contributed by atoms with van der Waals surface area (Å²) in [6.45, 7) is 5.36. The number of terminal acetylenes is 1. The molecule has 2 N–H and O–H groups in total. The summed E-state index contributed by atoms with van der Waals surface area (Å²) >= 11 is 0. The number of ether oxygens (including phenoxy) is 1. The van der Waals surface area contributed by atoms with Gasteiger partial charge in [-0.05, 0) is 20.8 Å². The average Bonchev–Trinajstić information content (AvgIpc) is 1.84. The van der Waals surface area contributed by atoms with Crippen LogP contribution in [0.1, 0.15) is 27.2 Å². The van der Waals surface area contributed by atoms with Crippen LogP contribution in [0.4, 0.5) is 0 Å². The Kier molecular flexibility index (Phi) is 6.65. The minimum absolute atomic E-state index is 0. The van der Waals surface area contributed by atoms with Gasteiger partial charge in [-0.2, -0.15) is 0 Å². The number of nitrogens with two attached hydrogens (primary N) is 1. The third-order valence-corrected chi connectivity index (χ3v) is 1.05. The van der Waals surface area contributed by atoms with Crippen LogP contribution in [0.15, 0.2) is 0 Å². The molecule has 76 valence electrons. The van der Waals surface area contributed by atoms with E-state index >= 15 is 0 Å². The van der Waals surface area contributed by atoms with E-state index in [9.17, 15) is 4.79 Å². The van der Waals surface area contributed by atoms with Crippen molar-refractivity contribution < 1.29 is 9.53 Å². The summed E-state index contributed by atoms with van der Waals surface area (Å²) in [7, 11) is 0. The van der Waals surface area contributed by atoms with Crippen molar-refractivity contribution >= 4 is 18.4 Å². The fourth-order valence-electron chi connectivity index (χ4n) is 0.588. The number of halogens is 1. The highest BCUT2D eigenvalue weighted by Crippen LogP contribution is 2.08. The van der Waals surface area contributed by atoms with Gasteiger partial charge in [0, 0.05) is 6.42 Å². The Morgan fingerprint density at radius 2 is 2.08 bits per heavy atom. The molecule has 0 spiro atoms. The van der Waals surface area contributed by atoms with Gasteiger partial charge in [0.25, 0.3) is 0 Å². The van der Waals surface area contributed by atoms with Crippen LogP contribution in [0.25, 0.3) is 0 Å².